The molecule has 1 aliphatic rings. The molecule has 1 atom stereocenters. The summed E-state index contributed by atoms with van der Waals surface area (Å²) in [5.41, 5.74) is 0.816. The summed E-state index contributed by atoms with van der Waals surface area (Å²) in [5, 5.41) is 40.0. The number of thiophene rings is 2. The number of halogens is 2. The number of esters is 1. The van der Waals surface area contributed by atoms with Crippen LogP contribution in [0, 0.1) is 0 Å². The van der Waals surface area contributed by atoms with Gasteiger partial charge in [-0.2, -0.15) is 0 Å². The summed E-state index contributed by atoms with van der Waals surface area (Å²) in [6.45, 7) is 1.92. The molecule has 2 aromatic carbocycles. The van der Waals surface area contributed by atoms with Gasteiger partial charge in [-0.1, -0.05) is 24.3 Å². The van der Waals surface area contributed by atoms with Crippen LogP contribution in [0.4, 0.5) is 9.41 Å². The van der Waals surface area contributed by atoms with E-state index >= 15 is 0 Å². The zero-order valence-electron chi connectivity index (χ0n) is 30.0. The summed E-state index contributed by atoms with van der Waals surface area (Å²) in [6, 6.07) is 19.1. The van der Waals surface area contributed by atoms with Gasteiger partial charge < -0.3 is 39.7 Å². The molecule has 55 heavy (non-hydrogen) atoms. The Labute approximate surface area is 322 Å². The third-order valence-corrected chi connectivity index (χ3v) is 12.1. The molecule has 16 heteroatoms. The Bertz CT molecular complexity index is 2270. The minimum atomic E-state index is -1.80. The zero-order valence-corrected chi connectivity index (χ0v) is 31.6. The molecule has 0 unspecified atom stereocenters. The summed E-state index contributed by atoms with van der Waals surface area (Å²) < 4.78 is 13.2. The number of oxazole rings is 1. The molecule has 1 aliphatic carbocycles. The second-order valence-electron chi connectivity index (χ2n) is 13.6. The van der Waals surface area contributed by atoms with Crippen LogP contribution in [0.5, 0.6) is 5.75 Å². The summed E-state index contributed by atoms with van der Waals surface area (Å²) >= 11 is 2.67. The minimum Gasteiger partial charge on any atom is -0.506 e. The highest BCUT2D eigenvalue weighted by Gasteiger charge is 2.45. The van der Waals surface area contributed by atoms with E-state index < -0.39 is 23.4 Å². The lowest BCUT2D eigenvalue weighted by Crippen LogP contribution is -2.42. The first-order valence-corrected chi connectivity index (χ1v) is 19.5. The van der Waals surface area contributed by atoms with Crippen LogP contribution < -0.4 is 16.6 Å². The number of fused-ring (bicyclic) bond motifs is 2. The Hall–Kier alpha value is -4.71. The maximum Gasteiger partial charge on any atom is 0.419 e. The fourth-order valence-corrected chi connectivity index (χ4v) is 8.95. The van der Waals surface area contributed by atoms with Crippen molar-refractivity contribution in [3.63, 3.8) is 0 Å². The van der Waals surface area contributed by atoms with E-state index in [1.54, 1.807) is 28.8 Å². The van der Waals surface area contributed by atoms with E-state index in [1.807, 2.05) is 41.1 Å². The van der Waals surface area contributed by atoms with E-state index in [9.17, 15) is 29.7 Å². The highest BCUT2D eigenvalue weighted by atomic mass is 32.1. The van der Waals surface area contributed by atoms with Crippen molar-refractivity contribution < 1.29 is 38.7 Å². The Kier molecular flexibility index (Phi) is 13.4. The van der Waals surface area contributed by atoms with Gasteiger partial charge in [-0.3, -0.25) is 18.8 Å². The molecule has 6 aromatic rings. The number of nitrogens with one attached hydrogen (secondary N) is 2. The molecule has 0 saturated heterocycles. The monoisotopic (exact) mass is 798 g/mol. The number of benzene rings is 2. The molecular weight excluding hydrogens is 755 g/mol. The van der Waals surface area contributed by atoms with Crippen LogP contribution in [0.1, 0.15) is 59.1 Å². The van der Waals surface area contributed by atoms with Crippen LogP contribution >= 0.6 is 22.7 Å². The van der Waals surface area contributed by atoms with Gasteiger partial charge in [-0.15, -0.1) is 22.7 Å². The second kappa shape index (κ2) is 17.8. The maximum absolute atomic E-state index is 13.4. The van der Waals surface area contributed by atoms with Gasteiger partial charge in [0.25, 0.3) is 0 Å². The first-order valence-electron chi connectivity index (χ1n) is 17.7. The third kappa shape index (κ3) is 8.74. The Balaban J connectivity index is 0.00000290. The van der Waals surface area contributed by atoms with Crippen molar-refractivity contribution in [3.8, 4) is 5.75 Å². The van der Waals surface area contributed by atoms with Crippen LogP contribution in [0.15, 0.2) is 91.5 Å². The first kappa shape index (κ1) is 41.5. The van der Waals surface area contributed by atoms with Gasteiger partial charge >= 0.3 is 11.7 Å². The van der Waals surface area contributed by atoms with E-state index in [2.05, 4.69) is 22.2 Å². The van der Waals surface area contributed by atoms with Crippen molar-refractivity contribution in [3.05, 3.63) is 119 Å². The van der Waals surface area contributed by atoms with Crippen molar-refractivity contribution >= 4 is 50.6 Å². The van der Waals surface area contributed by atoms with Gasteiger partial charge in [0, 0.05) is 37.1 Å². The largest absolute Gasteiger partial charge is 0.506 e. The van der Waals surface area contributed by atoms with Crippen LogP contribution in [-0.2, 0) is 28.2 Å². The van der Waals surface area contributed by atoms with Crippen molar-refractivity contribution in [1.29, 1.82) is 0 Å². The number of pyridine rings is 1. The van der Waals surface area contributed by atoms with Crippen LogP contribution in [0.3, 0.4) is 0 Å². The number of aromatic hydroxyl groups is 1. The normalized spacial score (nSPS) is 16.5. The van der Waals surface area contributed by atoms with Gasteiger partial charge in [0.1, 0.15) is 11.9 Å². The lowest BCUT2D eigenvalue weighted by molar-refractivity contribution is -0.169. The molecule has 0 radical (unpaired) electrons. The number of rotatable bonds is 14. The average Bonchev–Trinajstić information content (AvgIpc) is 3.95. The van der Waals surface area contributed by atoms with E-state index in [1.165, 1.54) is 34.8 Å². The standard InChI is InChI=1S/C39H42N4O8S2.2FH/c1-42(25-8-10-26(11-9-25)50-37(47)39(49,33-5-2-19-52-33)34-6-3-20-53-34)17-4-18-43-29-14-7-24(21-32(29)51-38(43)48)22-40-23-31(45)27-12-15-30(44)36-28(27)13-16-35(46)41-36;;/h2-3,5-7,12-16,19-21,25-26,31,40,44-45,49H,4,8-11,17-18,22-23H2,1H3,(H,41,46);2*1H/t25?,26?,31-;;/m0../s1. The van der Waals surface area contributed by atoms with Gasteiger partial charge in [0.2, 0.25) is 11.2 Å². The molecule has 1 saturated carbocycles. The van der Waals surface area contributed by atoms with Crippen molar-refractivity contribution in [2.24, 2.45) is 0 Å². The molecule has 0 bridgehead atoms. The van der Waals surface area contributed by atoms with E-state index in [0.29, 0.717) is 58.3 Å². The topological polar surface area (TPSA) is 170 Å². The number of aryl methyl sites for hydroxylation is 1. The van der Waals surface area contributed by atoms with E-state index in [-0.39, 0.29) is 38.9 Å². The smallest absolute Gasteiger partial charge is 0.419 e. The summed E-state index contributed by atoms with van der Waals surface area (Å²) in [6.07, 6.45) is 2.74. The lowest BCUT2D eigenvalue weighted by atomic mass is 9.91. The number of carbonyl (C=O) groups is 1. The molecule has 0 aliphatic heterocycles. The number of aromatic amines is 1. The van der Waals surface area contributed by atoms with Crippen LogP contribution in [-0.4, -0.2) is 68.0 Å². The molecule has 4 heterocycles. The molecule has 5 N–H and O–H groups in total. The molecule has 0 spiro atoms. The fraction of sp³-hybridized carbons (Fsp3) is 0.359. The number of hydrogen-bond donors (Lipinski definition) is 5. The number of nitrogens with zero attached hydrogens (tertiary/aromatic N) is 2. The number of phenolic OH excluding ortho intramolecular Hbond substituents is 1. The predicted molar refractivity (Wildman–Crippen MR) is 209 cm³/mol. The summed E-state index contributed by atoms with van der Waals surface area (Å²) in [7, 11) is 2.08. The predicted octanol–water partition coefficient (Wildman–Crippen LogP) is 5.51. The number of hydrogen-bond acceptors (Lipinski definition) is 12. The summed E-state index contributed by atoms with van der Waals surface area (Å²) in [4.78, 5) is 43.9. The number of aliphatic hydroxyl groups excluding tert-OH is 1. The van der Waals surface area contributed by atoms with Crippen molar-refractivity contribution in [2.45, 2.75) is 69.0 Å². The maximum atomic E-state index is 13.4. The average molecular weight is 799 g/mol. The van der Waals surface area contributed by atoms with E-state index in [4.69, 9.17) is 9.15 Å². The highest BCUT2D eigenvalue weighted by Crippen LogP contribution is 2.38. The SMILES string of the molecule is CN(CCCn1c(=O)oc2cc(CNC[C@H](O)c3ccc(O)c4[nH]c(=O)ccc34)ccc21)C1CCC(OC(=O)C(O)(c2cccs2)c2cccs2)CC1.F.F. The number of H-pyrrole nitrogens is 1. The Morgan fingerprint density at radius 2 is 1.75 bits per heavy atom. The van der Waals surface area contributed by atoms with Gasteiger partial charge in [0.15, 0.2) is 5.58 Å². The van der Waals surface area contributed by atoms with Gasteiger partial charge in [-0.05, 0) is 104 Å². The molecule has 0 amide bonds. The molecule has 7 rings (SSSR count). The third-order valence-electron chi connectivity index (χ3n) is 10.1. The zero-order chi connectivity index (χ0) is 37.1. The van der Waals surface area contributed by atoms with Crippen molar-refractivity contribution in [2.75, 3.05) is 20.1 Å². The highest BCUT2D eigenvalue weighted by molar-refractivity contribution is 7.12. The second-order valence-corrected chi connectivity index (χ2v) is 15.5. The number of aliphatic hydroxyl groups is 2. The fourth-order valence-electron chi connectivity index (χ4n) is 7.24. The molecule has 4 aromatic heterocycles. The Morgan fingerprint density at radius 3 is 2.42 bits per heavy atom. The Morgan fingerprint density at radius 1 is 1.04 bits per heavy atom. The molecule has 12 nitrogen and oxygen atoms in total. The van der Waals surface area contributed by atoms with Crippen molar-refractivity contribution in [1.82, 2.24) is 19.8 Å². The van der Waals surface area contributed by atoms with Crippen LogP contribution in [0.25, 0.3) is 22.0 Å². The number of phenols is 1. The summed E-state index contributed by atoms with van der Waals surface area (Å²) in [5.74, 6) is -1.10. The minimum absolute atomic E-state index is 0. The first-order chi connectivity index (χ1) is 25.6. The van der Waals surface area contributed by atoms with E-state index in [0.717, 1.165) is 36.9 Å². The number of carbonyl (C=O) groups excluding carboxylic acids is 1. The molecule has 1 fully saturated rings. The molecule has 294 valence electrons. The molecular formula is C39H44F2N4O8S2. The quantitative estimate of drug-likeness (QED) is 0.0887. The number of aromatic nitrogens is 2. The van der Waals surface area contributed by atoms with Gasteiger partial charge in [0.05, 0.1) is 26.9 Å². The van der Waals surface area contributed by atoms with Crippen LogP contribution in [0.2, 0.25) is 0 Å². The van der Waals surface area contributed by atoms with Gasteiger partial charge in [-0.25, -0.2) is 9.59 Å². The number of ether oxygens (including phenoxy) is 1. The lowest BCUT2D eigenvalue weighted by Gasteiger charge is -2.35.